The normalized spacial score (nSPS) is 12.9. The first-order valence-electron chi connectivity index (χ1n) is 6.36. The van der Waals surface area contributed by atoms with Gasteiger partial charge in [-0.2, -0.15) is 0 Å². The van der Waals surface area contributed by atoms with Crippen molar-refractivity contribution in [2.45, 2.75) is 12.8 Å². The van der Waals surface area contributed by atoms with Gasteiger partial charge in [0.15, 0.2) is 5.78 Å². The number of ether oxygens (including phenoxy) is 1. The lowest BCUT2D eigenvalue weighted by Crippen LogP contribution is -2.05. The number of Topliss-reactive ketones (excluding diaryl/α,β-unsaturated/α-hetero) is 1. The summed E-state index contributed by atoms with van der Waals surface area (Å²) in [6.07, 6.45) is 1.12. The molecule has 1 heterocycles. The van der Waals surface area contributed by atoms with Gasteiger partial charge in [-0.15, -0.1) is 0 Å². The van der Waals surface area contributed by atoms with E-state index >= 15 is 0 Å². The van der Waals surface area contributed by atoms with Gasteiger partial charge >= 0.3 is 0 Å². The van der Waals surface area contributed by atoms with Gasteiger partial charge in [0.05, 0.1) is 12.2 Å². The number of halogens is 2. The molecule has 0 saturated carbocycles. The highest BCUT2D eigenvalue weighted by molar-refractivity contribution is 6.31. The van der Waals surface area contributed by atoms with Gasteiger partial charge < -0.3 is 4.74 Å². The molecule has 1 aliphatic rings. The van der Waals surface area contributed by atoms with Crippen LogP contribution >= 0.6 is 23.2 Å². The van der Waals surface area contributed by atoms with E-state index in [1.807, 2.05) is 18.2 Å². The number of benzene rings is 2. The van der Waals surface area contributed by atoms with E-state index in [-0.39, 0.29) is 5.78 Å². The lowest BCUT2D eigenvalue weighted by atomic mass is 10.00. The Labute approximate surface area is 127 Å². The van der Waals surface area contributed by atoms with Crippen LogP contribution in [0.1, 0.15) is 21.5 Å². The maximum Gasteiger partial charge on any atom is 0.171 e. The molecule has 0 amide bonds. The van der Waals surface area contributed by atoms with Crippen LogP contribution < -0.4 is 4.74 Å². The Morgan fingerprint density at radius 2 is 1.85 bits per heavy atom. The van der Waals surface area contributed by atoms with Gasteiger partial charge in [-0.05, 0) is 35.4 Å². The van der Waals surface area contributed by atoms with Gasteiger partial charge in [0.1, 0.15) is 5.75 Å². The molecular weight excluding hydrogens is 295 g/mol. The van der Waals surface area contributed by atoms with Crippen LogP contribution in [0.5, 0.6) is 5.75 Å². The first kappa shape index (κ1) is 13.5. The molecule has 20 heavy (non-hydrogen) atoms. The fourth-order valence-electron chi connectivity index (χ4n) is 2.36. The van der Waals surface area contributed by atoms with Crippen molar-refractivity contribution in [2.24, 2.45) is 0 Å². The predicted molar refractivity (Wildman–Crippen MR) is 80.1 cm³/mol. The highest BCUT2D eigenvalue weighted by atomic mass is 35.5. The SMILES string of the molecule is O=C(Cc1ccc(Cl)cc1)c1cc(Cl)cc2c1OCC2. The second kappa shape index (κ2) is 5.47. The fourth-order valence-corrected chi connectivity index (χ4v) is 2.73. The minimum absolute atomic E-state index is 0.00738. The Bertz CT molecular complexity index is 663. The molecule has 0 unspecified atom stereocenters. The van der Waals surface area contributed by atoms with Crippen molar-refractivity contribution in [3.05, 3.63) is 63.1 Å². The van der Waals surface area contributed by atoms with E-state index in [2.05, 4.69) is 0 Å². The number of carbonyl (C=O) groups is 1. The summed E-state index contributed by atoms with van der Waals surface area (Å²) in [4.78, 5) is 12.4. The maximum absolute atomic E-state index is 12.4. The van der Waals surface area contributed by atoms with Crippen molar-refractivity contribution in [3.8, 4) is 5.75 Å². The molecule has 2 nitrogen and oxygen atoms in total. The van der Waals surface area contributed by atoms with Crippen LogP contribution in [0.2, 0.25) is 10.0 Å². The standard InChI is InChI=1S/C16H12Cl2O2/c17-12-3-1-10(2-4-12)7-15(19)14-9-13(18)8-11-5-6-20-16(11)14/h1-4,8-9H,5-7H2. The molecule has 4 heteroatoms. The fraction of sp³-hybridized carbons (Fsp3) is 0.188. The molecule has 0 aromatic heterocycles. The molecule has 0 radical (unpaired) electrons. The van der Waals surface area contributed by atoms with E-state index in [0.717, 1.165) is 17.5 Å². The molecule has 0 N–H and O–H groups in total. The summed E-state index contributed by atoms with van der Waals surface area (Å²) in [5, 5.41) is 1.24. The number of hydrogen-bond acceptors (Lipinski definition) is 2. The van der Waals surface area contributed by atoms with E-state index in [9.17, 15) is 4.79 Å². The van der Waals surface area contributed by atoms with Gasteiger partial charge in [0.2, 0.25) is 0 Å². The van der Waals surface area contributed by atoms with Gasteiger partial charge in [0, 0.05) is 22.9 Å². The van der Waals surface area contributed by atoms with Crippen molar-refractivity contribution in [1.82, 2.24) is 0 Å². The van der Waals surface area contributed by atoms with Crippen LogP contribution in [-0.2, 0) is 12.8 Å². The molecule has 0 spiro atoms. The third-order valence-electron chi connectivity index (χ3n) is 3.33. The number of fused-ring (bicyclic) bond motifs is 1. The summed E-state index contributed by atoms with van der Waals surface area (Å²) in [7, 11) is 0. The monoisotopic (exact) mass is 306 g/mol. The highest BCUT2D eigenvalue weighted by Crippen LogP contribution is 2.33. The van der Waals surface area contributed by atoms with Crippen molar-refractivity contribution in [1.29, 1.82) is 0 Å². The van der Waals surface area contributed by atoms with Gasteiger partial charge in [-0.1, -0.05) is 35.3 Å². The minimum Gasteiger partial charge on any atom is -0.492 e. The lowest BCUT2D eigenvalue weighted by Gasteiger charge is -2.08. The van der Waals surface area contributed by atoms with Crippen molar-refractivity contribution < 1.29 is 9.53 Å². The summed E-state index contributed by atoms with van der Waals surface area (Å²) in [5.41, 5.74) is 2.50. The summed E-state index contributed by atoms with van der Waals surface area (Å²) in [6.45, 7) is 0.608. The first-order chi connectivity index (χ1) is 9.63. The molecule has 102 valence electrons. The van der Waals surface area contributed by atoms with Crippen LogP contribution in [0.25, 0.3) is 0 Å². The van der Waals surface area contributed by atoms with E-state index in [1.54, 1.807) is 18.2 Å². The molecule has 0 atom stereocenters. The zero-order valence-electron chi connectivity index (χ0n) is 10.7. The zero-order valence-corrected chi connectivity index (χ0v) is 12.2. The maximum atomic E-state index is 12.4. The first-order valence-corrected chi connectivity index (χ1v) is 7.12. The van der Waals surface area contributed by atoms with E-state index < -0.39 is 0 Å². The molecular formula is C16H12Cl2O2. The van der Waals surface area contributed by atoms with Crippen LogP contribution in [0.15, 0.2) is 36.4 Å². The number of hydrogen-bond donors (Lipinski definition) is 0. The number of carbonyl (C=O) groups excluding carboxylic acids is 1. The summed E-state index contributed by atoms with van der Waals surface area (Å²) < 4.78 is 5.56. The predicted octanol–water partition coefficient (Wildman–Crippen LogP) is 4.35. The lowest BCUT2D eigenvalue weighted by molar-refractivity contribution is 0.0990. The molecule has 2 aromatic rings. The Kier molecular flexibility index (Phi) is 3.68. The number of ketones is 1. The summed E-state index contributed by atoms with van der Waals surface area (Å²) >= 11 is 11.9. The molecule has 3 rings (SSSR count). The average Bonchev–Trinajstić information content (AvgIpc) is 2.88. The molecule has 2 aromatic carbocycles. The largest absolute Gasteiger partial charge is 0.492 e. The van der Waals surface area contributed by atoms with Crippen LogP contribution in [0.3, 0.4) is 0 Å². The van der Waals surface area contributed by atoms with Crippen LogP contribution in [-0.4, -0.2) is 12.4 Å². The Hall–Kier alpha value is -1.51. The molecule has 0 aliphatic carbocycles. The molecule has 0 saturated heterocycles. The molecule has 1 aliphatic heterocycles. The summed E-state index contributed by atoms with van der Waals surface area (Å²) in [6, 6.07) is 10.8. The second-order valence-corrected chi connectivity index (χ2v) is 5.64. The topological polar surface area (TPSA) is 26.3 Å². The third-order valence-corrected chi connectivity index (χ3v) is 3.80. The minimum atomic E-state index is 0.00738. The Balaban J connectivity index is 1.89. The zero-order chi connectivity index (χ0) is 14.1. The van der Waals surface area contributed by atoms with Gasteiger partial charge in [0.25, 0.3) is 0 Å². The van der Waals surface area contributed by atoms with Gasteiger partial charge in [-0.25, -0.2) is 0 Å². The average molecular weight is 307 g/mol. The van der Waals surface area contributed by atoms with Crippen molar-refractivity contribution >= 4 is 29.0 Å². The highest BCUT2D eigenvalue weighted by Gasteiger charge is 2.21. The quantitative estimate of drug-likeness (QED) is 0.788. The van der Waals surface area contributed by atoms with E-state index in [0.29, 0.717) is 34.4 Å². The number of rotatable bonds is 3. The van der Waals surface area contributed by atoms with Crippen molar-refractivity contribution in [3.63, 3.8) is 0 Å². The van der Waals surface area contributed by atoms with E-state index in [1.165, 1.54) is 0 Å². The van der Waals surface area contributed by atoms with Crippen molar-refractivity contribution in [2.75, 3.05) is 6.61 Å². The molecule has 0 bridgehead atoms. The van der Waals surface area contributed by atoms with Crippen LogP contribution in [0.4, 0.5) is 0 Å². The second-order valence-electron chi connectivity index (χ2n) is 4.77. The molecule has 0 fully saturated rings. The Morgan fingerprint density at radius 3 is 2.60 bits per heavy atom. The smallest absolute Gasteiger partial charge is 0.171 e. The Morgan fingerprint density at radius 1 is 1.10 bits per heavy atom. The van der Waals surface area contributed by atoms with Gasteiger partial charge in [-0.3, -0.25) is 4.79 Å². The summed E-state index contributed by atoms with van der Waals surface area (Å²) in [5.74, 6) is 0.696. The third kappa shape index (κ3) is 2.67. The van der Waals surface area contributed by atoms with Crippen LogP contribution in [0, 0.1) is 0 Å². The van der Waals surface area contributed by atoms with E-state index in [4.69, 9.17) is 27.9 Å².